The van der Waals surface area contributed by atoms with Crippen molar-refractivity contribution < 1.29 is 13.9 Å². The van der Waals surface area contributed by atoms with Gasteiger partial charge in [-0.1, -0.05) is 24.3 Å². The number of fused-ring (bicyclic) bond motifs is 1. The highest BCUT2D eigenvalue weighted by Crippen LogP contribution is 2.43. The first-order chi connectivity index (χ1) is 16.2. The molecule has 5 nitrogen and oxygen atoms in total. The molecule has 0 aliphatic carbocycles. The molecule has 0 unspecified atom stereocenters. The number of benzene rings is 3. The fraction of sp³-hybridized carbons (Fsp3) is 0.250. The molecular formula is C28H30FN3O2. The van der Waals surface area contributed by atoms with Gasteiger partial charge < -0.3 is 20.7 Å². The second-order valence-electron chi connectivity index (χ2n) is 9.11. The van der Waals surface area contributed by atoms with Gasteiger partial charge in [0, 0.05) is 36.3 Å². The number of hydrogen-bond donors (Lipinski definition) is 3. The van der Waals surface area contributed by atoms with E-state index >= 15 is 0 Å². The van der Waals surface area contributed by atoms with Crippen LogP contribution >= 0.6 is 0 Å². The molecule has 0 spiro atoms. The molecule has 6 heteroatoms. The number of amides is 1. The van der Waals surface area contributed by atoms with Crippen LogP contribution in [0.25, 0.3) is 16.7 Å². The third kappa shape index (κ3) is 4.76. The number of carbonyl (C=O) groups excluding carboxylic acids is 1. The van der Waals surface area contributed by atoms with E-state index in [2.05, 4.69) is 48.9 Å². The Morgan fingerprint density at radius 2 is 1.76 bits per heavy atom. The van der Waals surface area contributed by atoms with Gasteiger partial charge in [0.15, 0.2) is 0 Å². The topological polar surface area (TPSA) is 62.4 Å². The number of halogens is 1. The average molecular weight is 460 g/mol. The standard InChI is InChI=1S/C28H30FN3O2/c1-17-15-28(3,4)32-25-13-12-20(21-11-10-19(29)14-26(21)34-5)22(27(17)25)16-30-23-8-6-7-9-24(23)31-18(2)33/h6-15,30,32H,16H2,1-5H3,(H,31,33). The van der Waals surface area contributed by atoms with Gasteiger partial charge in [-0.25, -0.2) is 4.39 Å². The number of carbonyl (C=O) groups is 1. The Hall–Kier alpha value is -3.80. The van der Waals surface area contributed by atoms with E-state index in [9.17, 15) is 9.18 Å². The van der Waals surface area contributed by atoms with E-state index in [4.69, 9.17) is 4.74 Å². The highest BCUT2D eigenvalue weighted by molar-refractivity contribution is 5.93. The van der Waals surface area contributed by atoms with Gasteiger partial charge in [-0.2, -0.15) is 0 Å². The maximum absolute atomic E-state index is 13.9. The summed E-state index contributed by atoms with van der Waals surface area (Å²) in [5.41, 5.74) is 7.49. The molecule has 3 N–H and O–H groups in total. The zero-order valence-electron chi connectivity index (χ0n) is 20.2. The first-order valence-corrected chi connectivity index (χ1v) is 11.3. The number of para-hydroxylation sites is 2. The number of nitrogens with one attached hydrogen (secondary N) is 3. The molecule has 0 bridgehead atoms. The van der Waals surface area contributed by atoms with E-state index in [1.807, 2.05) is 30.3 Å². The maximum Gasteiger partial charge on any atom is 0.221 e. The van der Waals surface area contributed by atoms with E-state index in [1.165, 1.54) is 19.1 Å². The summed E-state index contributed by atoms with van der Waals surface area (Å²) >= 11 is 0. The summed E-state index contributed by atoms with van der Waals surface area (Å²) in [6.45, 7) is 8.37. The van der Waals surface area contributed by atoms with Crippen LogP contribution in [0.2, 0.25) is 0 Å². The molecule has 3 aromatic rings. The molecule has 0 atom stereocenters. The maximum atomic E-state index is 13.9. The average Bonchev–Trinajstić information content (AvgIpc) is 2.77. The lowest BCUT2D eigenvalue weighted by Gasteiger charge is -2.33. The van der Waals surface area contributed by atoms with Crippen LogP contribution in [-0.2, 0) is 11.3 Å². The monoisotopic (exact) mass is 459 g/mol. The predicted octanol–water partition coefficient (Wildman–Crippen LogP) is 6.68. The Morgan fingerprint density at radius 1 is 1.06 bits per heavy atom. The van der Waals surface area contributed by atoms with Gasteiger partial charge in [-0.05, 0) is 67.8 Å². The van der Waals surface area contributed by atoms with Crippen molar-refractivity contribution >= 4 is 28.5 Å². The van der Waals surface area contributed by atoms with Crippen molar-refractivity contribution in [3.8, 4) is 16.9 Å². The second-order valence-corrected chi connectivity index (χ2v) is 9.11. The predicted molar refractivity (Wildman–Crippen MR) is 138 cm³/mol. The van der Waals surface area contributed by atoms with Gasteiger partial charge in [0.25, 0.3) is 0 Å². The largest absolute Gasteiger partial charge is 0.496 e. The number of ether oxygens (including phenoxy) is 1. The molecule has 1 amide bonds. The van der Waals surface area contributed by atoms with Crippen molar-refractivity contribution in [2.24, 2.45) is 0 Å². The van der Waals surface area contributed by atoms with Gasteiger partial charge in [-0.15, -0.1) is 0 Å². The minimum Gasteiger partial charge on any atom is -0.496 e. The molecular weight excluding hydrogens is 429 g/mol. The summed E-state index contributed by atoms with van der Waals surface area (Å²) < 4.78 is 19.5. The molecule has 176 valence electrons. The van der Waals surface area contributed by atoms with Crippen molar-refractivity contribution in [2.75, 3.05) is 23.1 Å². The van der Waals surface area contributed by atoms with Crippen molar-refractivity contribution in [1.82, 2.24) is 0 Å². The summed E-state index contributed by atoms with van der Waals surface area (Å²) in [5, 5.41) is 9.98. The van der Waals surface area contributed by atoms with Gasteiger partial charge in [0.1, 0.15) is 11.6 Å². The zero-order chi connectivity index (χ0) is 24.5. The van der Waals surface area contributed by atoms with Crippen LogP contribution in [0.3, 0.4) is 0 Å². The van der Waals surface area contributed by atoms with Crippen LogP contribution < -0.4 is 20.7 Å². The second kappa shape index (κ2) is 9.21. The third-order valence-corrected chi connectivity index (χ3v) is 5.89. The minimum absolute atomic E-state index is 0.131. The summed E-state index contributed by atoms with van der Waals surface area (Å²) in [5.74, 6) is 0.000766. The highest BCUT2D eigenvalue weighted by Gasteiger charge is 2.26. The van der Waals surface area contributed by atoms with Crippen molar-refractivity contribution in [1.29, 1.82) is 0 Å². The van der Waals surface area contributed by atoms with E-state index in [0.717, 1.165) is 39.2 Å². The van der Waals surface area contributed by atoms with E-state index in [1.54, 1.807) is 13.2 Å². The Bertz CT molecular complexity index is 1280. The minimum atomic E-state index is -0.345. The summed E-state index contributed by atoms with van der Waals surface area (Å²) in [4.78, 5) is 11.7. The molecule has 0 radical (unpaired) electrons. The molecule has 0 saturated heterocycles. The molecule has 0 aromatic heterocycles. The number of methoxy groups -OCH3 is 1. The van der Waals surface area contributed by atoms with Crippen LogP contribution in [0, 0.1) is 5.82 Å². The van der Waals surface area contributed by atoms with Crippen LogP contribution in [0.1, 0.15) is 38.8 Å². The van der Waals surface area contributed by atoms with Crippen LogP contribution in [0.5, 0.6) is 5.75 Å². The number of rotatable bonds is 6. The van der Waals surface area contributed by atoms with Crippen LogP contribution in [-0.4, -0.2) is 18.6 Å². The Morgan fingerprint density at radius 3 is 2.47 bits per heavy atom. The molecule has 1 aliphatic rings. The molecule has 0 saturated carbocycles. The number of allylic oxidation sites excluding steroid dienone is 1. The van der Waals surface area contributed by atoms with E-state index in [0.29, 0.717) is 18.0 Å². The highest BCUT2D eigenvalue weighted by atomic mass is 19.1. The number of hydrogen-bond acceptors (Lipinski definition) is 4. The lowest BCUT2D eigenvalue weighted by atomic mass is 9.85. The molecule has 1 heterocycles. The SMILES string of the molecule is COc1cc(F)ccc1-c1ccc2c(c1CNc1ccccc1NC(C)=O)C(C)=CC(C)(C)N2. The zero-order valence-corrected chi connectivity index (χ0v) is 20.2. The van der Waals surface area contributed by atoms with Crippen molar-refractivity contribution in [2.45, 2.75) is 39.8 Å². The lowest BCUT2D eigenvalue weighted by molar-refractivity contribution is -0.114. The Balaban J connectivity index is 1.84. The van der Waals surface area contributed by atoms with E-state index < -0.39 is 0 Å². The van der Waals surface area contributed by atoms with Gasteiger partial charge in [0.2, 0.25) is 5.91 Å². The molecule has 1 aliphatic heterocycles. The van der Waals surface area contributed by atoms with Crippen LogP contribution in [0.15, 0.2) is 60.7 Å². The van der Waals surface area contributed by atoms with Gasteiger partial charge >= 0.3 is 0 Å². The Labute approximate surface area is 200 Å². The molecule has 4 rings (SSSR count). The quantitative estimate of drug-likeness (QED) is 0.385. The Kier molecular flexibility index (Phi) is 6.33. The number of anilines is 3. The summed E-state index contributed by atoms with van der Waals surface area (Å²) in [6.07, 6.45) is 2.22. The van der Waals surface area contributed by atoms with Gasteiger partial charge in [-0.3, -0.25) is 4.79 Å². The molecule has 0 fully saturated rings. The van der Waals surface area contributed by atoms with Gasteiger partial charge in [0.05, 0.1) is 24.0 Å². The normalized spacial score (nSPS) is 13.9. The first-order valence-electron chi connectivity index (χ1n) is 11.3. The van der Waals surface area contributed by atoms with Crippen molar-refractivity contribution in [3.05, 3.63) is 77.6 Å². The smallest absolute Gasteiger partial charge is 0.221 e. The summed E-state index contributed by atoms with van der Waals surface area (Å²) in [7, 11) is 1.55. The van der Waals surface area contributed by atoms with E-state index in [-0.39, 0.29) is 17.3 Å². The third-order valence-electron chi connectivity index (χ3n) is 5.89. The summed E-state index contributed by atoms with van der Waals surface area (Å²) in [6, 6.07) is 16.3. The van der Waals surface area contributed by atoms with Crippen LogP contribution in [0.4, 0.5) is 21.5 Å². The fourth-order valence-corrected chi connectivity index (χ4v) is 4.64. The fourth-order valence-electron chi connectivity index (χ4n) is 4.64. The lowest BCUT2D eigenvalue weighted by Crippen LogP contribution is -2.32. The molecule has 34 heavy (non-hydrogen) atoms. The molecule has 3 aromatic carbocycles. The van der Waals surface area contributed by atoms with Crippen molar-refractivity contribution in [3.63, 3.8) is 0 Å². The first kappa shape index (κ1) is 23.4.